The van der Waals surface area contributed by atoms with Gasteiger partial charge in [-0.3, -0.25) is 14.4 Å². The number of carbonyl (C=O) groups excluding carboxylic acids is 2. The number of hydroxylamine groups is 1. The summed E-state index contributed by atoms with van der Waals surface area (Å²) in [6, 6.07) is 21.4. The first kappa shape index (κ1) is 20.2. The zero-order valence-corrected chi connectivity index (χ0v) is 17.4. The van der Waals surface area contributed by atoms with Gasteiger partial charge in [-0.1, -0.05) is 30.3 Å². The highest BCUT2D eigenvalue weighted by atomic mass is 19.1. The maximum absolute atomic E-state index is 14.1. The van der Waals surface area contributed by atoms with Crippen molar-refractivity contribution in [2.75, 3.05) is 16.6 Å². The second kappa shape index (κ2) is 8.09. The summed E-state index contributed by atoms with van der Waals surface area (Å²) in [5, 5.41) is 1.55. The molecule has 0 aromatic heterocycles. The number of fused-ring (bicyclic) bond motifs is 1. The number of amides is 2. The van der Waals surface area contributed by atoms with Gasteiger partial charge in [-0.05, 0) is 61.0 Å². The molecule has 3 aromatic carbocycles. The van der Waals surface area contributed by atoms with Gasteiger partial charge in [0.15, 0.2) is 6.10 Å². The molecule has 2 aliphatic rings. The molecule has 2 saturated heterocycles. The summed E-state index contributed by atoms with van der Waals surface area (Å²) in [7, 11) is 0. The third-order valence-electron chi connectivity index (χ3n) is 5.72. The van der Waals surface area contributed by atoms with Crippen LogP contribution in [0.3, 0.4) is 0 Å². The second-order valence-corrected chi connectivity index (χ2v) is 7.65. The van der Waals surface area contributed by atoms with Gasteiger partial charge in [0, 0.05) is 0 Å². The number of imide groups is 1. The van der Waals surface area contributed by atoms with Gasteiger partial charge in [-0.15, -0.1) is 0 Å². The van der Waals surface area contributed by atoms with E-state index in [4.69, 9.17) is 9.57 Å². The van der Waals surface area contributed by atoms with E-state index >= 15 is 0 Å². The lowest BCUT2D eigenvalue weighted by Gasteiger charge is -2.28. The van der Waals surface area contributed by atoms with E-state index in [0.717, 1.165) is 4.90 Å². The molecule has 0 radical (unpaired) electrons. The van der Waals surface area contributed by atoms with Gasteiger partial charge in [0.1, 0.15) is 17.5 Å². The van der Waals surface area contributed by atoms with Crippen LogP contribution in [-0.2, 0) is 14.4 Å². The molecule has 0 spiro atoms. The van der Waals surface area contributed by atoms with Crippen LogP contribution in [0.15, 0.2) is 78.9 Å². The molecule has 0 bridgehead atoms. The molecule has 0 unspecified atom stereocenters. The minimum Gasteiger partial charge on any atom is -0.494 e. The van der Waals surface area contributed by atoms with Crippen molar-refractivity contribution in [2.45, 2.75) is 19.1 Å². The van der Waals surface area contributed by atoms with Crippen LogP contribution < -0.4 is 14.7 Å². The Balaban J connectivity index is 1.54. The highest BCUT2D eigenvalue weighted by Crippen LogP contribution is 2.47. The first-order valence-electron chi connectivity index (χ1n) is 10.5. The van der Waals surface area contributed by atoms with Gasteiger partial charge in [0.25, 0.3) is 5.91 Å². The van der Waals surface area contributed by atoms with Crippen LogP contribution in [0.4, 0.5) is 15.8 Å². The number of hydrogen-bond acceptors (Lipinski definition) is 5. The van der Waals surface area contributed by atoms with E-state index in [1.54, 1.807) is 41.5 Å². The van der Waals surface area contributed by atoms with Crippen molar-refractivity contribution in [3.63, 3.8) is 0 Å². The smallest absolute Gasteiger partial charge is 0.266 e. The van der Waals surface area contributed by atoms with Crippen LogP contribution in [0.1, 0.15) is 18.5 Å². The topological polar surface area (TPSA) is 59.1 Å². The largest absolute Gasteiger partial charge is 0.494 e. The van der Waals surface area contributed by atoms with Crippen LogP contribution in [-0.4, -0.2) is 24.5 Å². The standard InChI is InChI=1S/C25H21FN2O4/c1-2-31-20-13-11-18(12-14-20)27-24(29)21-22(16-7-6-8-17(26)15-16)28(32-23(21)25(27)30)19-9-4-3-5-10-19/h3-15,21-23H,2H2,1H3/t21-,22+,23+/m0/s1. The summed E-state index contributed by atoms with van der Waals surface area (Å²) in [5.41, 5.74) is 1.70. The molecule has 0 aliphatic carbocycles. The van der Waals surface area contributed by atoms with Crippen LogP contribution in [0.25, 0.3) is 0 Å². The lowest BCUT2D eigenvalue weighted by Crippen LogP contribution is -2.37. The molecule has 2 heterocycles. The molecule has 3 aromatic rings. The summed E-state index contributed by atoms with van der Waals surface area (Å²) in [6.07, 6.45) is -0.998. The van der Waals surface area contributed by atoms with E-state index in [-0.39, 0.29) is 5.91 Å². The SMILES string of the molecule is CCOc1ccc(N2C(=O)[C@H]3[C@@H](c4cccc(F)c4)N(c4ccccc4)O[C@H]3C2=O)cc1. The average molecular weight is 432 g/mol. The van der Waals surface area contributed by atoms with Crippen molar-refractivity contribution in [2.24, 2.45) is 5.92 Å². The predicted molar refractivity (Wildman–Crippen MR) is 117 cm³/mol. The lowest BCUT2D eigenvalue weighted by molar-refractivity contribution is -0.126. The molecule has 2 amide bonds. The van der Waals surface area contributed by atoms with E-state index in [1.165, 1.54) is 12.1 Å². The molecule has 32 heavy (non-hydrogen) atoms. The maximum atomic E-state index is 14.1. The maximum Gasteiger partial charge on any atom is 0.266 e. The molecule has 0 saturated carbocycles. The molecule has 7 heteroatoms. The van der Waals surface area contributed by atoms with Crippen LogP contribution >= 0.6 is 0 Å². The van der Waals surface area contributed by atoms with Crippen molar-refractivity contribution in [1.29, 1.82) is 0 Å². The highest BCUT2D eigenvalue weighted by Gasteiger charge is 2.60. The number of nitrogens with zero attached hydrogens (tertiary/aromatic N) is 2. The van der Waals surface area contributed by atoms with Gasteiger partial charge >= 0.3 is 0 Å². The summed E-state index contributed by atoms with van der Waals surface area (Å²) in [5.74, 6) is -1.39. The van der Waals surface area contributed by atoms with E-state index in [1.807, 2.05) is 37.3 Å². The Kier molecular flexibility index (Phi) is 5.11. The number of para-hydroxylation sites is 1. The summed E-state index contributed by atoms with van der Waals surface area (Å²) >= 11 is 0. The van der Waals surface area contributed by atoms with Gasteiger partial charge in [-0.25, -0.2) is 14.4 Å². The van der Waals surface area contributed by atoms with Gasteiger partial charge in [0.2, 0.25) is 5.91 Å². The number of halogens is 1. The molecule has 5 rings (SSSR count). The second-order valence-electron chi connectivity index (χ2n) is 7.65. The normalized spacial score (nSPS) is 22.4. The Morgan fingerprint density at radius 1 is 0.906 bits per heavy atom. The number of benzene rings is 3. The molecule has 2 aliphatic heterocycles. The third kappa shape index (κ3) is 3.31. The summed E-state index contributed by atoms with van der Waals surface area (Å²) in [4.78, 5) is 34.0. The first-order chi connectivity index (χ1) is 15.6. The fourth-order valence-electron chi connectivity index (χ4n) is 4.36. The van der Waals surface area contributed by atoms with Crippen molar-refractivity contribution >= 4 is 23.2 Å². The van der Waals surface area contributed by atoms with Crippen molar-refractivity contribution < 1.29 is 23.6 Å². The Morgan fingerprint density at radius 3 is 2.34 bits per heavy atom. The predicted octanol–water partition coefficient (Wildman–Crippen LogP) is 4.28. The van der Waals surface area contributed by atoms with Gasteiger partial charge in [0.05, 0.1) is 24.0 Å². The average Bonchev–Trinajstić information content (AvgIpc) is 3.31. The van der Waals surface area contributed by atoms with Crippen molar-refractivity contribution in [1.82, 2.24) is 0 Å². The molecular weight excluding hydrogens is 411 g/mol. The highest BCUT2D eigenvalue weighted by molar-refractivity contribution is 6.23. The van der Waals surface area contributed by atoms with Gasteiger partial charge in [-0.2, -0.15) is 0 Å². The van der Waals surface area contributed by atoms with Gasteiger partial charge < -0.3 is 4.74 Å². The number of carbonyl (C=O) groups is 2. The van der Waals surface area contributed by atoms with Crippen LogP contribution in [0.5, 0.6) is 5.75 Å². The summed E-state index contributed by atoms with van der Waals surface area (Å²) in [6.45, 7) is 2.40. The molecule has 0 N–H and O–H groups in total. The Hall–Kier alpha value is -3.71. The Morgan fingerprint density at radius 2 is 1.66 bits per heavy atom. The monoisotopic (exact) mass is 432 g/mol. The molecule has 3 atom stereocenters. The molecule has 162 valence electrons. The number of hydrogen-bond donors (Lipinski definition) is 0. The quantitative estimate of drug-likeness (QED) is 0.564. The summed E-state index contributed by atoms with van der Waals surface area (Å²) < 4.78 is 19.5. The van der Waals surface area contributed by atoms with Crippen molar-refractivity contribution in [3.8, 4) is 5.75 Å². The van der Waals surface area contributed by atoms with E-state index in [2.05, 4.69) is 0 Å². The van der Waals surface area contributed by atoms with E-state index in [0.29, 0.717) is 29.3 Å². The number of anilines is 2. The van der Waals surface area contributed by atoms with Crippen LogP contribution in [0, 0.1) is 11.7 Å². The molecule has 6 nitrogen and oxygen atoms in total. The number of rotatable bonds is 5. The fourth-order valence-corrected chi connectivity index (χ4v) is 4.36. The fraction of sp³-hybridized carbons (Fsp3) is 0.200. The lowest BCUT2D eigenvalue weighted by atomic mass is 9.90. The minimum atomic E-state index is -0.998. The minimum absolute atomic E-state index is 0.378. The molecular formula is C25H21FN2O4. The van der Waals surface area contributed by atoms with E-state index < -0.39 is 29.8 Å². The van der Waals surface area contributed by atoms with E-state index in [9.17, 15) is 14.0 Å². The Labute approximate surface area is 184 Å². The first-order valence-corrected chi connectivity index (χ1v) is 10.5. The Bertz CT molecular complexity index is 1150. The zero-order chi connectivity index (χ0) is 22.2. The van der Waals surface area contributed by atoms with Crippen LogP contribution in [0.2, 0.25) is 0 Å². The van der Waals surface area contributed by atoms with Crippen molar-refractivity contribution in [3.05, 3.63) is 90.2 Å². The zero-order valence-electron chi connectivity index (χ0n) is 17.4. The third-order valence-corrected chi connectivity index (χ3v) is 5.72. The molecule has 2 fully saturated rings. The number of ether oxygens (including phenoxy) is 1.